The highest BCUT2D eigenvalue weighted by molar-refractivity contribution is 7.99. The van der Waals surface area contributed by atoms with E-state index in [1.54, 1.807) is 12.1 Å². The van der Waals surface area contributed by atoms with E-state index in [9.17, 15) is 9.90 Å². The van der Waals surface area contributed by atoms with Crippen LogP contribution in [-0.4, -0.2) is 26.4 Å². The average Bonchev–Trinajstić information content (AvgIpc) is 3.12. The van der Waals surface area contributed by atoms with Gasteiger partial charge in [-0.05, 0) is 41.3 Å². The Morgan fingerprint density at radius 3 is 2.50 bits per heavy atom. The number of para-hydroxylation sites is 2. The zero-order valence-electron chi connectivity index (χ0n) is 16.9. The zero-order chi connectivity index (χ0) is 20.9. The quantitative estimate of drug-likeness (QED) is 0.269. The first kappa shape index (κ1) is 20.2. The van der Waals surface area contributed by atoms with Crippen LogP contribution in [-0.2, 0) is 6.54 Å². The number of fused-ring (bicyclic) bond motifs is 1. The molecule has 0 aliphatic carbocycles. The van der Waals surface area contributed by atoms with Crippen LogP contribution >= 0.6 is 11.8 Å². The van der Waals surface area contributed by atoms with Gasteiger partial charge in [-0.1, -0.05) is 79.7 Å². The molecule has 0 radical (unpaired) electrons. The second-order valence-corrected chi connectivity index (χ2v) is 8.28. The fraction of sp³-hybridized carbons (Fsp3) is 0.200. The lowest BCUT2D eigenvalue weighted by atomic mass is 9.99. The van der Waals surface area contributed by atoms with Crippen LogP contribution in [0.1, 0.15) is 35.7 Å². The highest BCUT2D eigenvalue weighted by Gasteiger charge is 2.13. The van der Waals surface area contributed by atoms with Crippen molar-refractivity contribution in [3.8, 4) is 11.1 Å². The number of aromatic carboxylic acids is 1. The number of thioether (sulfide) groups is 1. The Bertz CT molecular complexity index is 1170. The number of benzene rings is 3. The summed E-state index contributed by atoms with van der Waals surface area (Å²) in [7, 11) is 0. The van der Waals surface area contributed by atoms with Gasteiger partial charge in [0.25, 0.3) is 0 Å². The first-order valence-electron chi connectivity index (χ1n) is 10.2. The maximum atomic E-state index is 11.5. The SMILES string of the molecule is CCCCSc1nc2ccccc2n1Cc1ccc(-c2ccccc2C(=O)O)cc1. The molecule has 4 nitrogen and oxygen atoms in total. The normalized spacial score (nSPS) is 11.1. The minimum absolute atomic E-state index is 0.320. The molecule has 0 unspecified atom stereocenters. The fourth-order valence-electron chi connectivity index (χ4n) is 3.52. The van der Waals surface area contributed by atoms with E-state index in [4.69, 9.17) is 4.98 Å². The summed E-state index contributed by atoms with van der Waals surface area (Å²) in [5.74, 6) is 0.151. The molecule has 4 rings (SSSR count). The van der Waals surface area contributed by atoms with Crippen molar-refractivity contribution in [2.24, 2.45) is 0 Å². The van der Waals surface area contributed by atoms with Gasteiger partial charge in [0.15, 0.2) is 5.16 Å². The average molecular weight is 417 g/mol. The topological polar surface area (TPSA) is 55.1 Å². The summed E-state index contributed by atoms with van der Waals surface area (Å²) in [6, 6.07) is 23.5. The number of aromatic nitrogens is 2. The van der Waals surface area contributed by atoms with Crippen molar-refractivity contribution >= 4 is 28.8 Å². The van der Waals surface area contributed by atoms with Crippen LogP contribution in [0.5, 0.6) is 0 Å². The van der Waals surface area contributed by atoms with E-state index in [-0.39, 0.29) is 0 Å². The molecule has 0 aliphatic rings. The molecule has 0 fully saturated rings. The summed E-state index contributed by atoms with van der Waals surface area (Å²) in [5.41, 5.74) is 5.28. The van der Waals surface area contributed by atoms with Crippen molar-refractivity contribution in [3.05, 3.63) is 83.9 Å². The van der Waals surface area contributed by atoms with Crippen LogP contribution in [0.4, 0.5) is 0 Å². The van der Waals surface area contributed by atoms with Gasteiger partial charge in [0, 0.05) is 5.75 Å². The van der Waals surface area contributed by atoms with Crippen LogP contribution in [0.15, 0.2) is 78.0 Å². The van der Waals surface area contributed by atoms with Crippen molar-refractivity contribution in [1.29, 1.82) is 0 Å². The van der Waals surface area contributed by atoms with Crippen molar-refractivity contribution in [1.82, 2.24) is 9.55 Å². The Morgan fingerprint density at radius 1 is 1.00 bits per heavy atom. The number of unbranched alkanes of at least 4 members (excludes halogenated alkanes) is 1. The maximum absolute atomic E-state index is 11.5. The predicted molar refractivity (Wildman–Crippen MR) is 123 cm³/mol. The molecule has 0 bridgehead atoms. The molecule has 1 N–H and O–H groups in total. The van der Waals surface area contributed by atoms with Gasteiger partial charge < -0.3 is 9.67 Å². The third-order valence-electron chi connectivity index (χ3n) is 5.11. The van der Waals surface area contributed by atoms with Crippen LogP contribution < -0.4 is 0 Å². The summed E-state index contributed by atoms with van der Waals surface area (Å²) >= 11 is 1.81. The van der Waals surface area contributed by atoms with Crippen LogP contribution in [0.3, 0.4) is 0 Å². The van der Waals surface area contributed by atoms with Crippen LogP contribution in [0, 0.1) is 0 Å². The molecule has 0 amide bonds. The second-order valence-electron chi connectivity index (χ2n) is 7.22. The van der Waals surface area contributed by atoms with Crippen LogP contribution in [0.2, 0.25) is 0 Å². The molecule has 152 valence electrons. The molecule has 0 atom stereocenters. The maximum Gasteiger partial charge on any atom is 0.336 e. The summed E-state index contributed by atoms with van der Waals surface area (Å²) in [5, 5.41) is 10.5. The monoisotopic (exact) mass is 416 g/mol. The highest BCUT2D eigenvalue weighted by atomic mass is 32.2. The van der Waals surface area contributed by atoms with E-state index in [0.29, 0.717) is 5.56 Å². The molecule has 0 saturated heterocycles. The number of carboxylic acid groups (broad SMARTS) is 1. The minimum atomic E-state index is -0.909. The summed E-state index contributed by atoms with van der Waals surface area (Å²) in [4.78, 5) is 16.4. The zero-order valence-corrected chi connectivity index (χ0v) is 17.7. The van der Waals surface area contributed by atoms with E-state index < -0.39 is 5.97 Å². The Balaban J connectivity index is 1.63. The predicted octanol–water partition coefficient (Wildman–Crippen LogP) is 6.34. The van der Waals surface area contributed by atoms with E-state index in [0.717, 1.165) is 45.2 Å². The van der Waals surface area contributed by atoms with E-state index in [1.165, 1.54) is 12.8 Å². The number of carboxylic acids is 1. The van der Waals surface area contributed by atoms with Gasteiger partial charge >= 0.3 is 5.97 Å². The standard InChI is InChI=1S/C25H24N2O2S/c1-2-3-16-30-25-26-22-10-6-7-11-23(22)27(25)17-18-12-14-19(15-13-18)20-8-4-5-9-21(20)24(28)29/h4-15H,2-3,16-17H2,1H3,(H,28,29). The Hall–Kier alpha value is -3.05. The van der Waals surface area contributed by atoms with Crippen molar-refractivity contribution in [2.45, 2.75) is 31.5 Å². The van der Waals surface area contributed by atoms with Crippen molar-refractivity contribution < 1.29 is 9.90 Å². The van der Waals surface area contributed by atoms with Gasteiger partial charge in [0.05, 0.1) is 23.1 Å². The molecule has 3 aromatic carbocycles. The lowest BCUT2D eigenvalue weighted by Crippen LogP contribution is -2.02. The molecule has 0 aliphatic heterocycles. The van der Waals surface area contributed by atoms with Crippen LogP contribution in [0.25, 0.3) is 22.2 Å². The van der Waals surface area contributed by atoms with Gasteiger partial charge in [-0.15, -0.1) is 0 Å². The Morgan fingerprint density at radius 2 is 1.73 bits per heavy atom. The molecule has 4 aromatic rings. The molecule has 1 heterocycles. The number of imidazole rings is 1. The van der Waals surface area contributed by atoms with E-state index in [1.807, 2.05) is 48.2 Å². The lowest BCUT2D eigenvalue weighted by molar-refractivity contribution is 0.0697. The molecule has 5 heteroatoms. The Labute approximate surface area is 180 Å². The lowest BCUT2D eigenvalue weighted by Gasteiger charge is -2.11. The third-order valence-corrected chi connectivity index (χ3v) is 6.17. The summed E-state index contributed by atoms with van der Waals surface area (Å²) in [6.07, 6.45) is 2.35. The second kappa shape index (κ2) is 9.18. The van der Waals surface area contributed by atoms with E-state index in [2.05, 4.69) is 35.8 Å². The largest absolute Gasteiger partial charge is 0.478 e. The fourth-order valence-corrected chi connectivity index (χ4v) is 4.62. The molecular formula is C25H24N2O2S. The minimum Gasteiger partial charge on any atom is -0.478 e. The summed E-state index contributed by atoms with van der Waals surface area (Å²) in [6.45, 7) is 2.93. The number of rotatable bonds is 8. The van der Waals surface area contributed by atoms with Gasteiger partial charge in [0.1, 0.15) is 0 Å². The molecule has 0 saturated carbocycles. The van der Waals surface area contributed by atoms with Gasteiger partial charge in [0.2, 0.25) is 0 Å². The number of nitrogens with zero attached hydrogens (tertiary/aromatic N) is 2. The highest BCUT2D eigenvalue weighted by Crippen LogP contribution is 2.28. The smallest absolute Gasteiger partial charge is 0.336 e. The third kappa shape index (κ3) is 4.26. The first-order valence-corrected chi connectivity index (χ1v) is 11.2. The summed E-state index contributed by atoms with van der Waals surface area (Å²) < 4.78 is 2.27. The Kier molecular flexibility index (Phi) is 6.19. The van der Waals surface area contributed by atoms with Crippen molar-refractivity contribution in [3.63, 3.8) is 0 Å². The molecule has 30 heavy (non-hydrogen) atoms. The van der Waals surface area contributed by atoms with E-state index >= 15 is 0 Å². The molecule has 1 aromatic heterocycles. The first-order chi connectivity index (χ1) is 14.7. The molecule has 0 spiro atoms. The molecular weight excluding hydrogens is 392 g/mol. The number of carbonyl (C=O) groups is 1. The van der Waals surface area contributed by atoms with Gasteiger partial charge in [-0.3, -0.25) is 0 Å². The van der Waals surface area contributed by atoms with Gasteiger partial charge in [-0.2, -0.15) is 0 Å². The number of hydrogen-bond acceptors (Lipinski definition) is 3. The van der Waals surface area contributed by atoms with Crippen molar-refractivity contribution in [2.75, 3.05) is 5.75 Å². The number of hydrogen-bond donors (Lipinski definition) is 1. The van der Waals surface area contributed by atoms with Gasteiger partial charge in [-0.25, -0.2) is 9.78 Å².